The Morgan fingerprint density at radius 2 is 1.89 bits per heavy atom. The zero-order chi connectivity index (χ0) is 20.1. The molecular formula is C21H16ClFN2O2S. The number of benzene rings is 2. The van der Waals surface area contributed by atoms with E-state index in [2.05, 4.69) is 10.6 Å². The van der Waals surface area contributed by atoms with Gasteiger partial charge in [-0.15, -0.1) is 11.3 Å². The Morgan fingerprint density at radius 1 is 1.11 bits per heavy atom. The van der Waals surface area contributed by atoms with Crippen LogP contribution in [0.4, 0.5) is 10.1 Å². The largest absolute Gasteiger partial charge is 0.355 e. The molecule has 0 fully saturated rings. The van der Waals surface area contributed by atoms with Crippen LogP contribution in [0, 0.1) is 5.82 Å². The first kappa shape index (κ1) is 19.8. The first-order chi connectivity index (χ1) is 13.5. The number of amides is 2. The molecule has 4 nitrogen and oxygen atoms in total. The minimum atomic E-state index is -0.356. The van der Waals surface area contributed by atoms with Crippen LogP contribution in [0.25, 0.3) is 16.5 Å². The van der Waals surface area contributed by atoms with Crippen molar-refractivity contribution >= 4 is 46.5 Å². The fraction of sp³-hybridized carbons (Fsp3) is 0.0476. The number of hydrogen-bond donors (Lipinski definition) is 2. The van der Waals surface area contributed by atoms with Crippen LogP contribution < -0.4 is 10.6 Å². The maximum atomic E-state index is 13.9. The van der Waals surface area contributed by atoms with Gasteiger partial charge in [-0.2, -0.15) is 0 Å². The Bertz CT molecular complexity index is 1060. The fourth-order valence-electron chi connectivity index (χ4n) is 2.50. The molecule has 0 atom stereocenters. The SMILES string of the molecule is CNC(=O)c1cc(NC(=O)/C=C/c2ccc(-c3ccccc3F)s2)ccc1Cl. The van der Waals surface area contributed by atoms with Crippen molar-refractivity contribution in [3.8, 4) is 10.4 Å². The van der Waals surface area contributed by atoms with Gasteiger partial charge in [0, 0.05) is 34.1 Å². The van der Waals surface area contributed by atoms with E-state index in [0.717, 1.165) is 9.75 Å². The van der Waals surface area contributed by atoms with Crippen molar-refractivity contribution in [1.82, 2.24) is 5.32 Å². The number of anilines is 1. The zero-order valence-electron chi connectivity index (χ0n) is 14.8. The van der Waals surface area contributed by atoms with E-state index in [1.165, 1.54) is 36.6 Å². The molecule has 0 saturated carbocycles. The van der Waals surface area contributed by atoms with Gasteiger partial charge in [-0.25, -0.2) is 4.39 Å². The van der Waals surface area contributed by atoms with Crippen molar-refractivity contribution in [2.45, 2.75) is 0 Å². The van der Waals surface area contributed by atoms with Gasteiger partial charge in [-0.3, -0.25) is 9.59 Å². The van der Waals surface area contributed by atoms with E-state index in [0.29, 0.717) is 16.3 Å². The van der Waals surface area contributed by atoms with E-state index >= 15 is 0 Å². The summed E-state index contributed by atoms with van der Waals surface area (Å²) in [6, 6.07) is 14.9. The predicted octanol–water partition coefficient (Wildman–Crippen LogP) is 5.22. The average Bonchev–Trinajstić information content (AvgIpc) is 3.16. The lowest BCUT2D eigenvalue weighted by molar-refractivity contribution is -0.111. The Hall–Kier alpha value is -2.96. The standard InChI is InChI=1S/C21H16ClFN2O2S/c1-24-21(27)16-12-13(6-9-17(16)22)25-20(26)11-8-14-7-10-19(28-14)15-4-2-3-5-18(15)23/h2-12H,1H3,(H,24,27)(H,25,26)/b11-8+. The quantitative estimate of drug-likeness (QED) is 0.562. The maximum Gasteiger partial charge on any atom is 0.252 e. The first-order valence-electron chi connectivity index (χ1n) is 8.33. The van der Waals surface area contributed by atoms with Crippen molar-refractivity contribution < 1.29 is 14.0 Å². The van der Waals surface area contributed by atoms with Crippen molar-refractivity contribution in [2.75, 3.05) is 12.4 Å². The lowest BCUT2D eigenvalue weighted by atomic mass is 10.2. The third-order valence-electron chi connectivity index (χ3n) is 3.87. The van der Waals surface area contributed by atoms with E-state index in [-0.39, 0.29) is 23.2 Å². The van der Waals surface area contributed by atoms with Crippen LogP contribution in [0.3, 0.4) is 0 Å². The van der Waals surface area contributed by atoms with Gasteiger partial charge in [0.2, 0.25) is 5.91 Å². The molecule has 0 bridgehead atoms. The van der Waals surface area contributed by atoms with Gasteiger partial charge in [-0.05, 0) is 42.5 Å². The van der Waals surface area contributed by atoms with Crippen LogP contribution in [0.1, 0.15) is 15.2 Å². The van der Waals surface area contributed by atoms with Crippen LogP contribution in [0.5, 0.6) is 0 Å². The first-order valence-corrected chi connectivity index (χ1v) is 9.53. The van der Waals surface area contributed by atoms with Crippen LogP contribution in [-0.2, 0) is 4.79 Å². The highest BCUT2D eigenvalue weighted by Crippen LogP contribution is 2.30. The van der Waals surface area contributed by atoms with Crippen molar-refractivity contribution in [3.63, 3.8) is 0 Å². The van der Waals surface area contributed by atoms with Crippen LogP contribution in [0.2, 0.25) is 5.02 Å². The number of rotatable bonds is 5. The molecule has 3 aromatic rings. The molecule has 0 saturated heterocycles. The van der Waals surface area contributed by atoms with Gasteiger partial charge in [0.15, 0.2) is 0 Å². The second-order valence-corrected chi connectivity index (χ2v) is 7.30. The van der Waals surface area contributed by atoms with Crippen molar-refractivity contribution in [2.24, 2.45) is 0 Å². The molecule has 0 radical (unpaired) electrons. The summed E-state index contributed by atoms with van der Waals surface area (Å²) < 4.78 is 13.9. The van der Waals surface area contributed by atoms with E-state index < -0.39 is 0 Å². The minimum absolute atomic E-state index is 0.277. The summed E-state index contributed by atoms with van der Waals surface area (Å²) in [6.07, 6.45) is 3.03. The van der Waals surface area contributed by atoms with Crippen LogP contribution in [-0.4, -0.2) is 18.9 Å². The fourth-order valence-corrected chi connectivity index (χ4v) is 3.64. The summed E-state index contributed by atoms with van der Waals surface area (Å²) in [7, 11) is 1.50. The lowest BCUT2D eigenvalue weighted by Crippen LogP contribution is -2.18. The number of carbonyl (C=O) groups is 2. The Balaban J connectivity index is 1.70. The molecule has 3 rings (SSSR count). The molecule has 7 heteroatoms. The molecule has 1 aromatic heterocycles. The molecule has 28 heavy (non-hydrogen) atoms. The summed E-state index contributed by atoms with van der Waals surface area (Å²) >= 11 is 7.38. The number of hydrogen-bond acceptors (Lipinski definition) is 3. The highest BCUT2D eigenvalue weighted by Gasteiger charge is 2.10. The van der Waals surface area contributed by atoms with Crippen LogP contribution >= 0.6 is 22.9 Å². The lowest BCUT2D eigenvalue weighted by Gasteiger charge is -2.07. The molecule has 142 valence electrons. The second-order valence-electron chi connectivity index (χ2n) is 5.78. The van der Waals surface area contributed by atoms with Gasteiger partial charge in [0.25, 0.3) is 5.91 Å². The third kappa shape index (κ3) is 4.65. The van der Waals surface area contributed by atoms with E-state index in [1.807, 2.05) is 12.1 Å². The number of nitrogens with one attached hydrogen (secondary N) is 2. The van der Waals surface area contributed by atoms with Crippen LogP contribution in [0.15, 0.2) is 60.7 Å². The van der Waals surface area contributed by atoms with Crippen molar-refractivity contribution in [3.05, 3.63) is 82.0 Å². The van der Waals surface area contributed by atoms with Gasteiger partial charge in [0.05, 0.1) is 10.6 Å². The number of halogens is 2. The summed E-state index contributed by atoms with van der Waals surface area (Å²) in [5.74, 6) is -0.978. The van der Waals surface area contributed by atoms with Crippen molar-refractivity contribution in [1.29, 1.82) is 0 Å². The summed E-state index contributed by atoms with van der Waals surface area (Å²) in [5, 5.41) is 5.48. The Morgan fingerprint density at radius 3 is 2.64 bits per heavy atom. The van der Waals surface area contributed by atoms with Gasteiger partial charge < -0.3 is 10.6 Å². The van der Waals surface area contributed by atoms with Gasteiger partial charge >= 0.3 is 0 Å². The summed E-state index contributed by atoms with van der Waals surface area (Å²) in [5.41, 5.74) is 1.26. The average molecular weight is 415 g/mol. The second kappa shape index (κ2) is 8.82. The molecule has 2 aromatic carbocycles. The van der Waals surface area contributed by atoms with E-state index in [9.17, 15) is 14.0 Å². The normalized spacial score (nSPS) is 10.8. The molecule has 0 aliphatic heterocycles. The smallest absolute Gasteiger partial charge is 0.252 e. The topological polar surface area (TPSA) is 58.2 Å². The predicted molar refractivity (Wildman–Crippen MR) is 112 cm³/mol. The molecule has 1 heterocycles. The molecule has 2 N–H and O–H groups in total. The molecule has 0 aliphatic rings. The molecule has 2 amide bonds. The summed E-state index contributed by atoms with van der Waals surface area (Å²) in [6.45, 7) is 0. The zero-order valence-corrected chi connectivity index (χ0v) is 16.4. The van der Waals surface area contributed by atoms with Gasteiger partial charge in [-0.1, -0.05) is 29.8 Å². The maximum absolute atomic E-state index is 13.9. The highest BCUT2D eigenvalue weighted by molar-refractivity contribution is 7.16. The Kier molecular flexibility index (Phi) is 6.23. The molecule has 0 spiro atoms. The molecule has 0 aliphatic carbocycles. The molecular weight excluding hydrogens is 399 g/mol. The highest BCUT2D eigenvalue weighted by atomic mass is 35.5. The van der Waals surface area contributed by atoms with E-state index in [4.69, 9.17) is 11.6 Å². The molecule has 0 unspecified atom stereocenters. The Labute approximate surface area is 170 Å². The number of carbonyl (C=O) groups excluding carboxylic acids is 2. The third-order valence-corrected chi connectivity index (χ3v) is 5.28. The number of thiophene rings is 1. The van der Waals surface area contributed by atoms with E-state index in [1.54, 1.807) is 36.4 Å². The minimum Gasteiger partial charge on any atom is -0.355 e. The summed E-state index contributed by atoms with van der Waals surface area (Å²) in [4.78, 5) is 25.5. The monoisotopic (exact) mass is 414 g/mol. The van der Waals surface area contributed by atoms with Gasteiger partial charge in [0.1, 0.15) is 5.82 Å².